The summed E-state index contributed by atoms with van der Waals surface area (Å²) in [5.74, 6) is -1.27. The Morgan fingerprint density at radius 3 is 2.11 bits per heavy atom. The van der Waals surface area contributed by atoms with Crippen molar-refractivity contribution < 1.29 is 19.6 Å². The highest BCUT2D eigenvalue weighted by molar-refractivity contribution is 5.95. The first kappa shape index (κ1) is 19.1. The normalized spacial score (nSPS) is 16.2. The summed E-state index contributed by atoms with van der Waals surface area (Å²) in [4.78, 5) is 26.8. The lowest BCUT2D eigenvalue weighted by molar-refractivity contribution is -0.933. The molecule has 1 aliphatic rings. The zero-order valence-corrected chi connectivity index (χ0v) is 16.1. The maximum absolute atomic E-state index is 12.7. The number of rotatable bonds is 4. The van der Waals surface area contributed by atoms with Gasteiger partial charge in [-0.25, -0.2) is 0 Å². The number of carboxylic acid groups (broad SMARTS) is 1. The van der Waals surface area contributed by atoms with Crippen molar-refractivity contribution in [1.29, 1.82) is 0 Å². The van der Waals surface area contributed by atoms with Crippen LogP contribution in [0.2, 0.25) is 0 Å². The molecule has 1 heterocycles. The van der Waals surface area contributed by atoms with Gasteiger partial charge >= 0.3 is 0 Å². The molecule has 0 aromatic heterocycles. The molecule has 1 fully saturated rings. The van der Waals surface area contributed by atoms with E-state index in [4.69, 9.17) is 0 Å². The second-order valence-corrected chi connectivity index (χ2v) is 7.38. The molecule has 0 unspecified atom stereocenters. The van der Waals surface area contributed by atoms with Gasteiger partial charge in [0, 0.05) is 11.1 Å². The van der Waals surface area contributed by atoms with Crippen molar-refractivity contribution in [2.45, 2.75) is 26.8 Å². The number of carboxylic acids is 1. The van der Waals surface area contributed by atoms with Crippen LogP contribution in [-0.4, -0.2) is 43.0 Å². The number of amides is 1. The maximum Gasteiger partial charge on any atom is 0.254 e. The fraction of sp³-hybridized carbons (Fsp3) is 0.364. The minimum Gasteiger partial charge on any atom is -0.545 e. The first-order chi connectivity index (χ1) is 12.9. The molecule has 27 heavy (non-hydrogen) atoms. The average Bonchev–Trinajstić information content (AvgIpc) is 2.69. The highest BCUT2D eigenvalue weighted by Gasteiger charge is 2.28. The molecule has 0 radical (unpaired) electrons. The molecule has 1 saturated heterocycles. The minimum atomic E-state index is -1.23. The number of carbonyl (C=O) groups excluding carboxylic acids is 2. The number of quaternary nitrogens is 1. The fourth-order valence-electron chi connectivity index (χ4n) is 3.63. The van der Waals surface area contributed by atoms with Crippen LogP contribution in [0.15, 0.2) is 42.5 Å². The molecule has 142 valence electrons. The van der Waals surface area contributed by atoms with Gasteiger partial charge in [0.2, 0.25) is 0 Å². The SMILES string of the molecule is Cc1ccc([C@H](C)[NH+]2CCN(C(=O)c3ccc(C(=O)[O-])cc3)CC2)cc1C. The molecule has 0 bridgehead atoms. The zero-order valence-electron chi connectivity index (χ0n) is 16.1. The molecule has 5 heteroatoms. The van der Waals surface area contributed by atoms with E-state index < -0.39 is 5.97 Å². The van der Waals surface area contributed by atoms with E-state index in [2.05, 4.69) is 39.0 Å². The van der Waals surface area contributed by atoms with E-state index in [9.17, 15) is 14.7 Å². The number of aryl methyl sites for hydroxylation is 2. The third kappa shape index (κ3) is 4.19. The van der Waals surface area contributed by atoms with Gasteiger partial charge in [-0.1, -0.05) is 24.3 Å². The first-order valence-electron chi connectivity index (χ1n) is 9.39. The van der Waals surface area contributed by atoms with Crippen LogP contribution in [0.3, 0.4) is 0 Å². The Bertz CT molecular complexity index is 837. The third-order valence-corrected chi connectivity index (χ3v) is 5.70. The number of hydrogen-bond donors (Lipinski definition) is 1. The van der Waals surface area contributed by atoms with E-state index >= 15 is 0 Å². The highest BCUT2D eigenvalue weighted by atomic mass is 16.4. The molecule has 2 aromatic rings. The molecule has 5 nitrogen and oxygen atoms in total. The summed E-state index contributed by atoms with van der Waals surface area (Å²) in [6.07, 6.45) is 0. The Morgan fingerprint density at radius 1 is 0.963 bits per heavy atom. The molecule has 1 atom stereocenters. The van der Waals surface area contributed by atoms with Crippen LogP contribution >= 0.6 is 0 Å². The van der Waals surface area contributed by atoms with E-state index in [1.165, 1.54) is 33.7 Å². The number of aromatic carboxylic acids is 1. The number of benzene rings is 2. The third-order valence-electron chi connectivity index (χ3n) is 5.70. The van der Waals surface area contributed by atoms with Crippen LogP contribution in [-0.2, 0) is 0 Å². The van der Waals surface area contributed by atoms with Crippen molar-refractivity contribution in [2.75, 3.05) is 26.2 Å². The van der Waals surface area contributed by atoms with Crippen LogP contribution < -0.4 is 10.0 Å². The monoisotopic (exact) mass is 366 g/mol. The van der Waals surface area contributed by atoms with E-state index in [1.807, 2.05) is 4.90 Å². The topological polar surface area (TPSA) is 64.9 Å². The van der Waals surface area contributed by atoms with E-state index in [0.717, 1.165) is 13.1 Å². The largest absolute Gasteiger partial charge is 0.545 e. The summed E-state index contributed by atoms with van der Waals surface area (Å²) in [6, 6.07) is 13.0. The van der Waals surface area contributed by atoms with Gasteiger partial charge in [-0.15, -0.1) is 0 Å². The van der Waals surface area contributed by atoms with Crippen LogP contribution in [0.1, 0.15) is 50.4 Å². The lowest BCUT2D eigenvalue weighted by Gasteiger charge is -2.35. The predicted molar refractivity (Wildman–Crippen MR) is 102 cm³/mol. The van der Waals surface area contributed by atoms with Crippen molar-refractivity contribution >= 4 is 11.9 Å². The molecule has 2 aromatic carbocycles. The van der Waals surface area contributed by atoms with Gasteiger partial charge in [0.25, 0.3) is 5.91 Å². The van der Waals surface area contributed by atoms with E-state index in [-0.39, 0.29) is 11.5 Å². The molecule has 3 rings (SSSR count). The Balaban J connectivity index is 1.61. The number of hydrogen-bond acceptors (Lipinski definition) is 3. The highest BCUT2D eigenvalue weighted by Crippen LogP contribution is 2.15. The number of carbonyl (C=O) groups is 2. The first-order valence-corrected chi connectivity index (χ1v) is 9.39. The molecule has 0 saturated carbocycles. The van der Waals surface area contributed by atoms with Gasteiger partial charge in [0.05, 0.1) is 32.1 Å². The number of nitrogens with one attached hydrogen (secondary N) is 1. The van der Waals surface area contributed by atoms with Crippen molar-refractivity contribution in [2.24, 2.45) is 0 Å². The Labute approximate surface area is 160 Å². The summed E-state index contributed by atoms with van der Waals surface area (Å²) in [5.41, 5.74) is 4.56. The zero-order chi connectivity index (χ0) is 19.6. The molecular formula is C22H26N2O3. The van der Waals surface area contributed by atoms with Crippen LogP contribution in [0.25, 0.3) is 0 Å². The number of nitrogens with zero attached hydrogens (tertiary/aromatic N) is 1. The van der Waals surface area contributed by atoms with Crippen LogP contribution in [0.4, 0.5) is 0 Å². The number of piperazine rings is 1. The lowest BCUT2D eigenvalue weighted by Crippen LogP contribution is -3.14. The minimum absolute atomic E-state index is 0.0437. The van der Waals surface area contributed by atoms with Crippen LogP contribution in [0.5, 0.6) is 0 Å². The lowest BCUT2D eigenvalue weighted by atomic mass is 10.0. The molecular weight excluding hydrogens is 340 g/mol. The van der Waals surface area contributed by atoms with Gasteiger partial charge in [-0.2, -0.15) is 0 Å². The van der Waals surface area contributed by atoms with Crippen molar-refractivity contribution in [1.82, 2.24) is 4.90 Å². The van der Waals surface area contributed by atoms with Crippen molar-refractivity contribution in [3.63, 3.8) is 0 Å². The van der Waals surface area contributed by atoms with Crippen molar-refractivity contribution in [3.05, 3.63) is 70.3 Å². The predicted octanol–water partition coefficient (Wildman–Crippen LogP) is 0.769. The summed E-state index contributed by atoms with van der Waals surface area (Å²) in [5, 5.41) is 10.8. The average molecular weight is 366 g/mol. The summed E-state index contributed by atoms with van der Waals surface area (Å²) in [7, 11) is 0. The smallest absolute Gasteiger partial charge is 0.254 e. The van der Waals surface area contributed by atoms with Gasteiger partial charge in [-0.3, -0.25) is 4.79 Å². The molecule has 1 aliphatic heterocycles. The molecule has 0 spiro atoms. The maximum atomic E-state index is 12.7. The van der Waals surface area contributed by atoms with Gasteiger partial charge < -0.3 is 19.7 Å². The van der Waals surface area contributed by atoms with Gasteiger partial charge in [-0.05, 0) is 55.7 Å². The molecule has 1 N–H and O–H groups in total. The standard InChI is InChI=1S/C22H26N2O3/c1-15-4-5-20(14-16(15)2)17(3)23-10-12-24(13-11-23)21(25)18-6-8-19(9-7-18)22(26)27/h4-9,14,17H,10-13H2,1-3H3,(H,26,27)/t17-/m0/s1. The van der Waals surface area contributed by atoms with E-state index in [0.29, 0.717) is 24.7 Å². The molecule has 1 amide bonds. The Kier molecular flexibility index (Phi) is 5.61. The summed E-state index contributed by atoms with van der Waals surface area (Å²) >= 11 is 0. The fourth-order valence-corrected chi connectivity index (χ4v) is 3.63. The van der Waals surface area contributed by atoms with Gasteiger partial charge in [0.1, 0.15) is 6.04 Å². The summed E-state index contributed by atoms with van der Waals surface area (Å²) < 4.78 is 0. The van der Waals surface area contributed by atoms with E-state index in [1.54, 1.807) is 12.1 Å². The van der Waals surface area contributed by atoms with Gasteiger partial charge in [0.15, 0.2) is 0 Å². The summed E-state index contributed by atoms with van der Waals surface area (Å²) in [6.45, 7) is 9.71. The Hall–Kier alpha value is -2.66. The van der Waals surface area contributed by atoms with Crippen LogP contribution in [0, 0.1) is 13.8 Å². The Morgan fingerprint density at radius 2 is 1.56 bits per heavy atom. The second kappa shape index (κ2) is 7.92. The molecule has 0 aliphatic carbocycles. The quantitative estimate of drug-likeness (QED) is 0.869. The van der Waals surface area contributed by atoms with Crippen molar-refractivity contribution in [3.8, 4) is 0 Å². The second-order valence-electron chi connectivity index (χ2n) is 7.38.